The summed E-state index contributed by atoms with van der Waals surface area (Å²) in [5, 5.41) is 10.2. The van der Waals surface area contributed by atoms with Gasteiger partial charge in [0.05, 0.1) is 6.61 Å². The molecule has 0 atom stereocenters. The van der Waals surface area contributed by atoms with Gasteiger partial charge < -0.3 is 4.74 Å². The number of unbranched alkanes of at least 4 members (excludes halogenated alkanes) is 1. The van der Waals surface area contributed by atoms with E-state index in [1.807, 2.05) is 6.92 Å². The Morgan fingerprint density at radius 2 is 2.21 bits per heavy atom. The number of carbonyl (C=O) groups excluding carboxylic acids is 1. The van der Waals surface area contributed by atoms with Gasteiger partial charge in [0.15, 0.2) is 0 Å². The molecule has 0 aliphatic carbocycles. The highest BCUT2D eigenvalue weighted by Crippen LogP contribution is 2.00. The average molecular weight is 201 g/mol. The quantitative estimate of drug-likeness (QED) is 0.215. The van der Waals surface area contributed by atoms with Crippen molar-refractivity contribution in [2.24, 2.45) is 0 Å². The summed E-state index contributed by atoms with van der Waals surface area (Å²) in [5.41, 5.74) is 0.103. The largest absolute Gasteiger partial charge is 0.462 e. The number of nitrogens with zero attached hydrogens (tertiary/aromatic N) is 1. The summed E-state index contributed by atoms with van der Waals surface area (Å²) >= 11 is 0. The van der Waals surface area contributed by atoms with E-state index in [9.17, 15) is 14.9 Å². The normalized spacial score (nSPS) is 11.1. The molecule has 0 heterocycles. The molecule has 0 unspecified atom stereocenters. The summed E-state index contributed by atoms with van der Waals surface area (Å²) in [6, 6.07) is 0. The van der Waals surface area contributed by atoms with Crippen LogP contribution in [-0.4, -0.2) is 24.0 Å². The fourth-order valence-corrected chi connectivity index (χ4v) is 0.815. The molecule has 0 aliphatic heterocycles. The van der Waals surface area contributed by atoms with Gasteiger partial charge in [0.1, 0.15) is 5.57 Å². The molecule has 0 fully saturated rings. The van der Waals surface area contributed by atoms with Crippen LogP contribution in [0.1, 0.15) is 26.7 Å². The molecule has 5 heteroatoms. The van der Waals surface area contributed by atoms with E-state index in [0.29, 0.717) is 6.61 Å². The molecule has 14 heavy (non-hydrogen) atoms. The van der Waals surface area contributed by atoms with E-state index in [0.717, 1.165) is 12.8 Å². The lowest BCUT2D eigenvalue weighted by molar-refractivity contribution is -0.470. The highest BCUT2D eigenvalue weighted by molar-refractivity contribution is 5.88. The van der Waals surface area contributed by atoms with Crippen LogP contribution in [-0.2, 0) is 9.53 Å². The van der Waals surface area contributed by atoms with Crippen LogP contribution in [0.4, 0.5) is 0 Å². The molecule has 0 aromatic carbocycles. The summed E-state index contributed by atoms with van der Waals surface area (Å²) in [5.74, 6) is -0.586. The Bertz CT molecular complexity index is 235. The number of hydrogen-bond acceptors (Lipinski definition) is 4. The van der Waals surface area contributed by atoms with Crippen LogP contribution in [0.15, 0.2) is 11.6 Å². The number of esters is 1. The number of ether oxygens (including phenoxy) is 1. The van der Waals surface area contributed by atoms with E-state index in [1.165, 1.54) is 6.08 Å². The molecule has 0 N–H and O–H groups in total. The van der Waals surface area contributed by atoms with Gasteiger partial charge >= 0.3 is 5.97 Å². The van der Waals surface area contributed by atoms with Gasteiger partial charge in [-0.25, -0.2) is 4.79 Å². The van der Waals surface area contributed by atoms with Gasteiger partial charge in [0.25, 0.3) is 0 Å². The van der Waals surface area contributed by atoms with Crippen LogP contribution in [0.25, 0.3) is 0 Å². The Kier molecular flexibility index (Phi) is 6.36. The molecule has 0 saturated carbocycles. The topological polar surface area (TPSA) is 69.4 Å². The second-order valence-corrected chi connectivity index (χ2v) is 2.79. The molecule has 0 radical (unpaired) electrons. The summed E-state index contributed by atoms with van der Waals surface area (Å²) in [6.07, 6.45) is 3.12. The van der Waals surface area contributed by atoms with E-state index in [4.69, 9.17) is 4.74 Å². The zero-order valence-corrected chi connectivity index (χ0v) is 8.49. The van der Waals surface area contributed by atoms with Gasteiger partial charge in [-0.15, -0.1) is 0 Å². The van der Waals surface area contributed by atoms with E-state index in [-0.39, 0.29) is 5.57 Å². The molecule has 0 aliphatic rings. The minimum absolute atomic E-state index is 0.103. The first-order valence-electron chi connectivity index (χ1n) is 4.55. The number of hydrogen-bond donors (Lipinski definition) is 0. The maximum Gasteiger partial charge on any atom is 0.340 e. The highest BCUT2D eigenvalue weighted by atomic mass is 16.6. The SMILES string of the molecule is C/C=C(/C[N+](=O)[O-])C(=O)OCCCC. The van der Waals surface area contributed by atoms with Gasteiger partial charge in [-0.1, -0.05) is 19.4 Å². The summed E-state index contributed by atoms with van der Waals surface area (Å²) in [4.78, 5) is 20.8. The van der Waals surface area contributed by atoms with Gasteiger partial charge in [-0.3, -0.25) is 10.1 Å². The van der Waals surface area contributed by atoms with Crippen LogP contribution in [0.5, 0.6) is 0 Å². The van der Waals surface area contributed by atoms with Crippen molar-refractivity contribution < 1.29 is 14.5 Å². The van der Waals surface area contributed by atoms with Crippen molar-refractivity contribution in [3.05, 3.63) is 21.8 Å². The van der Waals surface area contributed by atoms with E-state index < -0.39 is 17.4 Å². The molecule has 0 bridgehead atoms. The molecule has 80 valence electrons. The Hall–Kier alpha value is -1.39. The lowest BCUT2D eigenvalue weighted by Gasteiger charge is -2.03. The Morgan fingerprint density at radius 3 is 2.64 bits per heavy atom. The van der Waals surface area contributed by atoms with Crippen LogP contribution < -0.4 is 0 Å². The molecular weight excluding hydrogens is 186 g/mol. The zero-order valence-electron chi connectivity index (χ0n) is 8.49. The maximum atomic E-state index is 11.2. The number of allylic oxidation sites excluding steroid dienone is 1. The van der Waals surface area contributed by atoms with Crippen molar-refractivity contribution in [1.29, 1.82) is 0 Å². The summed E-state index contributed by atoms with van der Waals surface area (Å²) < 4.78 is 4.82. The minimum atomic E-state index is -0.586. The Labute approximate surface area is 82.9 Å². The third-order valence-corrected chi connectivity index (χ3v) is 1.64. The molecular formula is C9H15NO4. The second-order valence-electron chi connectivity index (χ2n) is 2.79. The van der Waals surface area contributed by atoms with Crippen molar-refractivity contribution in [2.75, 3.05) is 13.2 Å². The Morgan fingerprint density at radius 1 is 1.57 bits per heavy atom. The molecule has 0 saturated heterocycles. The van der Waals surface area contributed by atoms with Crippen LogP contribution in [0, 0.1) is 10.1 Å². The van der Waals surface area contributed by atoms with E-state index >= 15 is 0 Å². The number of carbonyl (C=O) groups is 1. The van der Waals surface area contributed by atoms with Crippen LogP contribution in [0.3, 0.4) is 0 Å². The third-order valence-electron chi connectivity index (χ3n) is 1.64. The maximum absolute atomic E-state index is 11.2. The number of nitro groups is 1. The van der Waals surface area contributed by atoms with Gasteiger partial charge in [0, 0.05) is 4.92 Å². The summed E-state index contributed by atoms with van der Waals surface area (Å²) in [6.45, 7) is 3.41. The van der Waals surface area contributed by atoms with Gasteiger partial charge in [-0.2, -0.15) is 0 Å². The smallest absolute Gasteiger partial charge is 0.340 e. The average Bonchev–Trinajstić information content (AvgIpc) is 2.14. The molecule has 0 rings (SSSR count). The zero-order chi connectivity index (χ0) is 11.0. The monoisotopic (exact) mass is 201 g/mol. The lowest BCUT2D eigenvalue weighted by atomic mass is 10.2. The Balaban J connectivity index is 4.00. The van der Waals surface area contributed by atoms with Crippen molar-refractivity contribution >= 4 is 5.97 Å². The fourth-order valence-electron chi connectivity index (χ4n) is 0.815. The summed E-state index contributed by atoms with van der Waals surface area (Å²) in [7, 11) is 0. The highest BCUT2D eigenvalue weighted by Gasteiger charge is 2.15. The van der Waals surface area contributed by atoms with E-state index in [1.54, 1.807) is 6.92 Å². The second kappa shape index (κ2) is 7.06. The van der Waals surface area contributed by atoms with Crippen LogP contribution in [0.2, 0.25) is 0 Å². The predicted octanol–water partition coefficient (Wildman–Crippen LogP) is 1.55. The molecule has 0 aromatic heterocycles. The van der Waals surface area contributed by atoms with Crippen LogP contribution >= 0.6 is 0 Å². The van der Waals surface area contributed by atoms with Crippen molar-refractivity contribution in [2.45, 2.75) is 26.7 Å². The van der Waals surface area contributed by atoms with Gasteiger partial charge in [-0.05, 0) is 13.3 Å². The fraction of sp³-hybridized carbons (Fsp3) is 0.667. The molecule has 0 aromatic rings. The number of rotatable bonds is 6. The molecule has 5 nitrogen and oxygen atoms in total. The standard InChI is InChI=1S/C9H15NO4/c1-3-5-6-14-9(11)8(4-2)7-10(12)13/h4H,3,5-7H2,1-2H3/b8-4-. The lowest BCUT2D eigenvalue weighted by Crippen LogP contribution is -2.16. The first-order chi connectivity index (χ1) is 6.61. The predicted molar refractivity (Wildman–Crippen MR) is 51.5 cm³/mol. The van der Waals surface area contributed by atoms with Crippen molar-refractivity contribution in [1.82, 2.24) is 0 Å². The first kappa shape index (κ1) is 12.6. The van der Waals surface area contributed by atoms with E-state index in [2.05, 4.69) is 0 Å². The first-order valence-corrected chi connectivity index (χ1v) is 4.55. The molecule has 0 amide bonds. The van der Waals surface area contributed by atoms with Crippen molar-refractivity contribution in [3.63, 3.8) is 0 Å². The van der Waals surface area contributed by atoms with Gasteiger partial charge in [0.2, 0.25) is 6.54 Å². The molecule has 0 spiro atoms. The minimum Gasteiger partial charge on any atom is -0.462 e. The third kappa shape index (κ3) is 5.29. The van der Waals surface area contributed by atoms with Crippen molar-refractivity contribution in [3.8, 4) is 0 Å².